The van der Waals surface area contributed by atoms with Gasteiger partial charge in [-0.3, -0.25) is 0 Å². The maximum absolute atomic E-state index is 10.9. The first kappa shape index (κ1) is 13.6. The molecule has 1 aliphatic heterocycles. The van der Waals surface area contributed by atoms with Gasteiger partial charge in [-0.15, -0.1) is 0 Å². The zero-order valence-corrected chi connectivity index (χ0v) is 11.0. The van der Waals surface area contributed by atoms with Crippen molar-refractivity contribution in [1.29, 1.82) is 0 Å². The third-order valence-electron chi connectivity index (χ3n) is 2.13. The van der Waals surface area contributed by atoms with Crippen LogP contribution in [0.3, 0.4) is 0 Å². The monoisotopic (exact) mass is 268 g/mol. The number of thioether (sulfide) groups is 1. The van der Waals surface area contributed by atoms with Crippen LogP contribution in [-0.4, -0.2) is 51.3 Å². The molecule has 94 valence electrons. The van der Waals surface area contributed by atoms with E-state index in [-0.39, 0.29) is 11.2 Å². The second-order valence-electron chi connectivity index (χ2n) is 4.32. The minimum Gasteiger partial charge on any atom is -0.434 e. The van der Waals surface area contributed by atoms with Crippen LogP contribution in [-0.2, 0) is 19.3 Å². The van der Waals surface area contributed by atoms with Crippen LogP contribution in [0, 0.1) is 5.41 Å². The van der Waals surface area contributed by atoms with Crippen molar-refractivity contribution in [1.82, 2.24) is 0 Å². The summed E-state index contributed by atoms with van der Waals surface area (Å²) in [7, 11) is -2.89. The second kappa shape index (κ2) is 5.27. The number of rotatable bonds is 5. The highest BCUT2D eigenvalue weighted by atomic mass is 32.2. The van der Waals surface area contributed by atoms with Crippen LogP contribution in [0.4, 0.5) is 4.79 Å². The SMILES string of the molecule is CC1(CSCCS(C)(=O)=O)COC(=O)OC1. The summed E-state index contributed by atoms with van der Waals surface area (Å²) in [5.41, 5.74) is -0.212. The fraction of sp³-hybridized carbons (Fsp3) is 0.889. The molecular weight excluding hydrogens is 252 g/mol. The molecule has 1 aliphatic rings. The van der Waals surface area contributed by atoms with Gasteiger partial charge in [0.2, 0.25) is 0 Å². The molecule has 5 nitrogen and oxygen atoms in total. The van der Waals surface area contributed by atoms with Gasteiger partial charge in [-0.25, -0.2) is 13.2 Å². The first-order valence-corrected chi connectivity index (χ1v) is 8.07. The van der Waals surface area contributed by atoms with E-state index in [0.717, 1.165) is 5.75 Å². The Labute approximate surface area is 99.8 Å². The highest BCUT2D eigenvalue weighted by molar-refractivity contribution is 8.00. The van der Waals surface area contributed by atoms with Gasteiger partial charge in [0.1, 0.15) is 23.1 Å². The Kier molecular flexibility index (Phi) is 4.49. The lowest BCUT2D eigenvalue weighted by Crippen LogP contribution is -2.39. The average Bonchev–Trinajstić information content (AvgIpc) is 2.17. The average molecular weight is 268 g/mol. The summed E-state index contributed by atoms with van der Waals surface area (Å²) in [5, 5.41) is 0. The molecule has 0 radical (unpaired) electrons. The largest absolute Gasteiger partial charge is 0.508 e. The quantitative estimate of drug-likeness (QED) is 0.546. The molecule has 1 rings (SSSR count). The molecule has 0 aliphatic carbocycles. The van der Waals surface area contributed by atoms with Crippen LogP contribution < -0.4 is 0 Å². The molecule has 0 spiro atoms. The molecule has 0 unspecified atom stereocenters. The third kappa shape index (κ3) is 5.07. The van der Waals surface area contributed by atoms with E-state index >= 15 is 0 Å². The highest BCUT2D eigenvalue weighted by Gasteiger charge is 2.32. The van der Waals surface area contributed by atoms with E-state index in [1.54, 1.807) is 0 Å². The van der Waals surface area contributed by atoms with Crippen molar-refractivity contribution in [3.05, 3.63) is 0 Å². The summed E-state index contributed by atoms with van der Waals surface area (Å²) in [5.74, 6) is 1.45. The Bertz CT molecular complexity index is 339. The summed E-state index contributed by atoms with van der Waals surface area (Å²) in [6, 6.07) is 0. The van der Waals surface area contributed by atoms with E-state index in [2.05, 4.69) is 0 Å². The minimum absolute atomic E-state index is 0.175. The van der Waals surface area contributed by atoms with Crippen molar-refractivity contribution in [2.75, 3.05) is 36.7 Å². The van der Waals surface area contributed by atoms with Crippen LogP contribution in [0.1, 0.15) is 6.92 Å². The number of cyclic esters (lactones) is 2. The van der Waals surface area contributed by atoms with Gasteiger partial charge >= 0.3 is 6.16 Å². The topological polar surface area (TPSA) is 69.7 Å². The van der Waals surface area contributed by atoms with Gasteiger partial charge in [0.05, 0.1) is 5.75 Å². The lowest BCUT2D eigenvalue weighted by atomic mass is 9.95. The first-order valence-electron chi connectivity index (χ1n) is 4.86. The predicted octanol–water partition coefficient (Wildman–Crippen LogP) is 0.937. The van der Waals surface area contributed by atoms with E-state index < -0.39 is 16.0 Å². The lowest BCUT2D eigenvalue weighted by Gasteiger charge is -2.31. The molecule has 0 bridgehead atoms. The van der Waals surface area contributed by atoms with Crippen molar-refractivity contribution >= 4 is 27.8 Å². The first-order chi connectivity index (χ1) is 7.31. The molecule has 0 atom stereocenters. The van der Waals surface area contributed by atoms with Gasteiger partial charge in [-0.2, -0.15) is 11.8 Å². The van der Waals surface area contributed by atoms with Gasteiger partial charge in [-0.05, 0) is 0 Å². The Balaban J connectivity index is 2.24. The number of sulfone groups is 1. The van der Waals surface area contributed by atoms with Crippen molar-refractivity contribution in [3.8, 4) is 0 Å². The standard InChI is InChI=1S/C9H16O5S2/c1-9(5-13-8(10)14-6-9)7-15-3-4-16(2,11)12/h3-7H2,1-2H3. The molecule has 1 fully saturated rings. The van der Waals surface area contributed by atoms with Gasteiger partial charge in [0.15, 0.2) is 0 Å². The van der Waals surface area contributed by atoms with Crippen LogP contribution in [0.25, 0.3) is 0 Å². The summed E-state index contributed by atoms with van der Waals surface area (Å²) in [4.78, 5) is 10.7. The Morgan fingerprint density at radius 1 is 1.38 bits per heavy atom. The molecule has 7 heteroatoms. The number of carbonyl (C=O) groups is 1. The molecule has 0 aromatic rings. The Morgan fingerprint density at radius 2 is 1.94 bits per heavy atom. The summed E-state index contributed by atoms with van der Waals surface area (Å²) >= 11 is 1.54. The van der Waals surface area contributed by atoms with Crippen molar-refractivity contribution in [2.45, 2.75) is 6.92 Å². The molecule has 0 aromatic heterocycles. The van der Waals surface area contributed by atoms with Crippen molar-refractivity contribution < 1.29 is 22.7 Å². The maximum Gasteiger partial charge on any atom is 0.508 e. The van der Waals surface area contributed by atoms with E-state index in [0.29, 0.717) is 19.0 Å². The maximum atomic E-state index is 10.9. The van der Waals surface area contributed by atoms with Gasteiger partial charge < -0.3 is 9.47 Å². The number of carbonyl (C=O) groups excluding carboxylic acids is 1. The number of hydrogen-bond acceptors (Lipinski definition) is 6. The predicted molar refractivity (Wildman–Crippen MR) is 62.4 cm³/mol. The van der Waals surface area contributed by atoms with Crippen molar-refractivity contribution in [2.24, 2.45) is 5.41 Å². The van der Waals surface area contributed by atoms with Crippen LogP contribution in [0.15, 0.2) is 0 Å². The van der Waals surface area contributed by atoms with E-state index in [1.165, 1.54) is 18.0 Å². The molecule has 0 aromatic carbocycles. The summed E-state index contributed by atoms with van der Waals surface area (Å²) in [6.45, 7) is 2.61. The zero-order chi connectivity index (χ0) is 12.2. The number of ether oxygens (including phenoxy) is 2. The fourth-order valence-electron chi connectivity index (χ4n) is 1.16. The molecule has 0 saturated carbocycles. The highest BCUT2D eigenvalue weighted by Crippen LogP contribution is 2.26. The van der Waals surface area contributed by atoms with Crippen LogP contribution >= 0.6 is 11.8 Å². The Morgan fingerprint density at radius 3 is 2.44 bits per heavy atom. The van der Waals surface area contributed by atoms with E-state index in [4.69, 9.17) is 9.47 Å². The lowest BCUT2D eigenvalue weighted by molar-refractivity contribution is -0.0425. The second-order valence-corrected chi connectivity index (χ2v) is 7.69. The fourth-order valence-corrected chi connectivity index (χ4v) is 3.65. The molecular formula is C9H16O5S2. The summed E-state index contributed by atoms with van der Waals surface area (Å²) < 4.78 is 31.4. The molecule has 1 saturated heterocycles. The van der Waals surface area contributed by atoms with E-state index in [1.807, 2.05) is 6.92 Å². The van der Waals surface area contributed by atoms with Gasteiger partial charge in [0.25, 0.3) is 0 Å². The molecule has 16 heavy (non-hydrogen) atoms. The third-order valence-corrected chi connectivity index (χ3v) is 4.72. The summed E-state index contributed by atoms with van der Waals surface area (Å²) in [6.07, 6.45) is 0.597. The number of hydrogen-bond donors (Lipinski definition) is 0. The van der Waals surface area contributed by atoms with Gasteiger partial charge in [-0.1, -0.05) is 6.92 Å². The zero-order valence-electron chi connectivity index (χ0n) is 9.39. The van der Waals surface area contributed by atoms with Crippen molar-refractivity contribution in [3.63, 3.8) is 0 Å². The Hall–Kier alpha value is -0.430. The van der Waals surface area contributed by atoms with Crippen LogP contribution in [0.5, 0.6) is 0 Å². The molecule has 1 heterocycles. The normalized spacial score (nSPS) is 20.0. The molecule has 0 N–H and O–H groups in total. The smallest absolute Gasteiger partial charge is 0.434 e. The molecule has 0 amide bonds. The van der Waals surface area contributed by atoms with Crippen LogP contribution in [0.2, 0.25) is 0 Å². The van der Waals surface area contributed by atoms with Gasteiger partial charge in [0, 0.05) is 23.2 Å². The minimum atomic E-state index is -2.89. The van der Waals surface area contributed by atoms with E-state index in [9.17, 15) is 13.2 Å².